The molecule has 0 aliphatic rings. The van der Waals surface area contributed by atoms with Gasteiger partial charge in [-0.2, -0.15) is 5.10 Å². The number of aromatic nitrogens is 2. The highest BCUT2D eigenvalue weighted by Crippen LogP contribution is 2.26. The van der Waals surface area contributed by atoms with E-state index in [0.29, 0.717) is 5.75 Å². The third kappa shape index (κ3) is 3.23. The predicted molar refractivity (Wildman–Crippen MR) is 93.1 cm³/mol. The molecule has 4 nitrogen and oxygen atoms in total. The SMILES string of the molecule is Cc1cc(C)c(C)c(OC(=O)C(c2ccccc2)n2cccn2)c1. The van der Waals surface area contributed by atoms with Gasteiger partial charge in [-0.1, -0.05) is 36.4 Å². The second-order valence-electron chi connectivity index (χ2n) is 5.93. The van der Waals surface area contributed by atoms with Crippen molar-refractivity contribution in [1.82, 2.24) is 9.78 Å². The van der Waals surface area contributed by atoms with Crippen LogP contribution in [0.1, 0.15) is 28.3 Å². The van der Waals surface area contributed by atoms with Crippen molar-refractivity contribution in [2.45, 2.75) is 26.8 Å². The molecule has 1 heterocycles. The molecule has 3 aromatic rings. The van der Waals surface area contributed by atoms with E-state index in [1.807, 2.05) is 57.2 Å². The van der Waals surface area contributed by atoms with Crippen molar-refractivity contribution in [3.8, 4) is 5.75 Å². The molecule has 0 radical (unpaired) electrons. The number of rotatable bonds is 4. The minimum atomic E-state index is -0.610. The Morgan fingerprint density at radius 2 is 1.83 bits per heavy atom. The first-order valence-corrected chi connectivity index (χ1v) is 7.90. The monoisotopic (exact) mass is 320 g/mol. The highest BCUT2D eigenvalue weighted by atomic mass is 16.5. The Morgan fingerprint density at radius 3 is 2.50 bits per heavy atom. The first-order valence-electron chi connectivity index (χ1n) is 7.90. The molecule has 2 aromatic carbocycles. The molecule has 0 N–H and O–H groups in total. The smallest absolute Gasteiger partial charge is 0.340 e. The van der Waals surface area contributed by atoms with E-state index in [2.05, 4.69) is 11.2 Å². The van der Waals surface area contributed by atoms with E-state index in [1.165, 1.54) is 0 Å². The van der Waals surface area contributed by atoms with Gasteiger partial charge in [0, 0.05) is 12.4 Å². The Labute approximate surface area is 141 Å². The number of hydrogen-bond donors (Lipinski definition) is 0. The number of benzene rings is 2. The molecule has 24 heavy (non-hydrogen) atoms. The minimum Gasteiger partial charge on any atom is -0.424 e. The van der Waals surface area contributed by atoms with Crippen LogP contribution in [0.25, 0.3) is 0 Å². The van der Waals surface area contributed by atoms with Crippen molar-refractivity contribution in [1.29, 1.82) is 0 Å². The fourth-order valence-electron chi connectivity index (χ4n) is 2.74. The van der Waals surface area contributed by atoms with E-state index < -0.39 is 6.04 Å². The summed E-state index contributed by atoms with van der Waals surface area (Å²) in [4.78, 5) is 12.9. The van der Waals surface area contributed by atoms with Crippen LogP contribution in [0.2, 0.25) is 0 Å². The van der Waals surface area contributed by atoms with Gasteiger partial charge in [-0.15, -0.1) is 0 Å². The van der Waals surface area contributed by atoms with Gasteiger partial charge in [-0.3, -0.25) is 4.68 Å². The Morgan fingerprint density at radius 1 is 1.08 bits per heavy atom. The molecule has 1 atom stereocenters. The summed E-state index contributed by atoms with van der Waals surface area (Å²) in [6, 6.07) is 14.7. The van der Waals surface area contributed by atoms with Crippen LogP contribution < -0.4 is 4.74 Å². The van der Waals surface area contributed by atoms with E-state index in [0.717, 1.165) is 22.3 Å². The summed E-state index contributed by atoms with van der Waals surface area (Å²) in [5, 5.41) is 4.23. The number of carbonyl (C=O) groups is 1. The largest absolute Gasteiger partial charge is 0.424 e. The van der Waals surface area contributed by atoms with Gasteiger partial charge in [0.1, 0.15) is 5.75 Å². The van der Waals surface area contributed by atoms with Crippen molar-refractivity contribution >= 4 is 5.97 Å². The average Bonchev–Trinajstić information content (AvgIpc) is 3.07. The van der Waals surface area contributed by atoms with Crippen LogP contribution in [0.15, 0.2) is 60.9 Å². The third-order valence-electron chi connectivity index (χ3n) is 4.10. The second kappa shape index (κ2) is 6.71. The van der Waals surface area contributed by atoms with Gasteiger partial charge >= 0.3 is 5.97 Å². The Kier molecular flexibility index (Phi) is 4.47. The zero-order valence-corrected chi connectivity index (χ0v) is 14.1. The highest BCUT2D eigenvalue weighted by Gasteiger charge is 2.25. The summed E-state index contributed by atoms with van der Waals surface area (Å²) in [5.74, 6) is 0.253. The summed E-state index contributed by atoms with van der Waals surface area (Å²) in [5.41, 5.74) is 3.99. The summed E-state index contributed by atoms with van der Waals surface area (Å²) >= 11 is 0. The molecule has 0 aliphatic carbocycles. The molecule has 0 aliphatic heterocycles. The maximum absolute atomic E-state index is 12.9. The van der Waals surface area contributed by atoms with E-state index in [1.54, 1.807) is 23.1 Å². The Hall–Kier alpha value is -2.88. The lowest BCUT2D eigenvalue weighted by molar-refractivity contribution is -0.137. The molecular formula is C20H20N2O2. The van der Waals surface area contributed by atoms with E-state index in [4.69, 9.17) is 4.74 Å². The summed E-state index contributed by atoms with van der Waals surface area (Å²) in [6.45, 7) is 5.97. The lowest BCUT2D eigenvalue weighted by Crippen LogP contribution is -2.26. The molecule has 0 bridgehead atoms. The quantitative estimate of drug-likeness (QED) is 0.539. The zero-order chi connectivity index (χ0) is 17.1. The van der Waals surface area contributed by atoms with Crippen molar-refractivity contribution in [3.63, 3.8) is 0 Å². The summed E-state index contributed by atoms with van der Waals surface area (Å²) < 4.78 is 7.37. The standard InChI is InChI=1S/C20H20N2O2/c1-14-12-15(2)16(3)18(13-14)24-20(23)19(22-11-7-10-21-22)17-8-5-4-6-9-17/h4-13,19H,1-3H3. The lowest BCUT2D eigenvalue weighted by atomic mass is 10.1. The fraction of sp³-hybridized carbons (Fsp3) is 0.200. The van der Waals surface area contributed by atoms with Crippen molar-refractivity contribution in [3.05, 3.63) is 83.2 Å². The summed E-state index contributed by atoms with van der Waals surface area (Å²) in [7, 11) is 0. The first-order chi connectivity index (χ1) is 11.6. The van der Waals surface area contributed by atoms with Crippen LogP contribution >= 0.6 is 0 Å². The Bertz CT molecular complexity index is 840. The number of esters is 1. The molecule has 0 amide bonds. The molecule has 0 saturated carbocycles. The first kappa shape index (κ1) is 16.0. The predicted octanol–water partition coefficient (Wildman–Crippen LogP) is 4.00. The van der Waals surface area contributed by atoms with Gasteiger partial charge in [0.05, 0.1) is 0 Å². The summed E-state index contributed by atoms with van der Waals surface area (Å²) in [6.07, 6.45) is 3.43. The van der Waals surface area contributed by atoms with Crippen molar-refractivity contribution in [2.24, 2.45) is 0 Å². The van der Waals surface area contributed by atoms with Gasteiger partial charge in [0.2, 0.25) is 0 Å². The maximum Gasteiger partial charge on any atom is 0.340 e. The average molecular weight is 320 g/mol. The van der Waals surface area contributed by atoms with Crippen LogP contribution in [0.4, 0.5) is 0 Å². The highest BCUT2D eigenvalue weighted by molar-refractivity contribution is 5.80. The van der Waals surface area contributed by atoms with Crippen LogP contribution in [-0.2, 0) is 4.79 Å². The van der Waals surface area contributed by atoms with Gasteiger partial charge in [0.25, 0.3) is 0 Å². The second-order valence-corrected chi connectivity index (χ2v) is 5.93. The number of ether oxygens (including phenoxy) is 1. The van der Waals surface area contributed by atoms with Gasteiger partial charge < -0.3 is 4.74 Å². The number of aryl methyl sites for hydroxylation is 2. The molecular weight excluding hydrogens is 300 g/mol. The van der Waals surface area contributed by atoms with Gasteiger partial charge in [0.15, 0.2) is 6.04 Å². The molecule has 0 spiro atoms. The molecule has 0 fully saturated rings. The zero-order valence-electron chi connectivity index (χ0n) is 14.1. The number of nitrogens with zero attached hydrogens (tertiary/aromatic N) is 2. The maximum atomic E-state index is 12.9. The van der Waals surface area contributed by atoms with E-state index >= 15 is 0 Å². The molecule has 1 aromatic heterocycles. The van der Waals surface area contributed by atoms with Crippen molar-refractivity contribution in [2.75, 3.05) is 0 Å². The van der Waals surface area contributed by atoms with Crippen LogP contribution in [0.5, 0.6) is 5.75 Å². The lowest BCUT2D eigenvalue weighted by Gasteiger charge is -2.18. The van der Waals surface area contributed by atoms with Crippen LogP contribution in [0, 0.1) is 20.8 Å². The minimum absolute atomic E-state index is 0.349. The fourth-order valence-corrected chi connectivity index (χ4v) is 2.74. The molecule has 1 unspecified atom stereocenters. The van der Waals surface area contributed by atoms with E-state index in [-0.39, 0.29) is 5.97 Å². The van der Waals surface area contributed by atoms with Gasteiger partial charge in [-0.05, 0) is 55.2 Å². The molecule has 4 heteroatoms. The van der Waals surface area contributed by atoms with Crippen LogP contribution in [0.3, 0.4) is 0 Å². The topological polar surface area (TPSA) is 44.1 Å². The number of hydrogen-bond acceptors (Lipinski definition) is 3. The molecule has 0 saturated heterocycles. The number of carbonyl (C=O) groups excluding carboxylic acids is 1. The molecule has 3 rings (SSSR count). The molecule has 122 valence electrons. The Balaban J connectivity index is 1.96. The normalized spacial score (nSPS) is 12.0. The van der Waals surface area contributed by atoms with E-state index in [9.17, 15) is 4.79 Å². The van der Waals surface area contributed by atoms with Gasteiger partial charge in [-0.25, -0.2) is 4.79 Å². The van der Waals surface area contributed by atoms with Crippen molar-refractivity contribution < 1.29 is 9.53 Å². The van der Waals surface area contributed by atoms with Crippen LogP contribution in [-0.4, -0.2) is 15.7 Å². The third-order valence-corrected chi connectivity index (χ3v) is 4.10.